The van der Waals surface area contributed by atoms with E-state index in [0.717, 1.165) is 12.8 Å². The summed E-state index contributed by atoms with van der Waals surface area (Å²) in [7, 11) is 1.92. The molecule has 1 aromatic heterocycles. The van der Waals surface area contributed by atoms with Crippen LogP contribution in [0.4, 0.5) is 0 Å². The van der Waals surface area contributed by atoms with Crippen LogP contribution in [0.3, 0.4) is 0 Å². The highest BCUT2D eigenvalue weighted by Gasteiger charge is 2.55. The van der Waals surface area contributed by atoms with Crippen molar-refractivity contribution >= 4 is 0 Å². The standard InChI is InChI=1S/C9H16N4/c1-8(2,10)9(4-5-9)7-6-11-12-13(7)3/h6H,4-5,10H2,1-3H3. The fourth-order valence-corrected chi connectivity index (χ4v) is 2.08. The first-order valence-corrected chi connectivity index (χ1v) is 4.61. The molecule has 72 valence electrons. The van der Waals surface area contributed by atoms with Gasteiger partial charge < -0.3 is 5.73 Å². The smallest absolute Gasteiger partial charge is 0.0731 e. The topological polar surface area (TPSA) is 56.7 Å². The van der Waals surface area contributed by atoms with Crippen molar-refractivity contribution in [3.8, 4) is 0 Å². The van der Waals surface area contributed by atoms with Gasteiger partial charge in [-0.15, -0.1) is 5.10 Å². The van der Waals surface area contributed by atoms with Gasteiger partial charge in [0.2, 0.25) is 0 Å². The van der Waals surface area contributed by atoms with Gasteiger partial charge in [0, 0.05) is 18.0 Å². The lowest BCUT2D eigenvalue weighted by Crippen LogP contribution is -2.46. The summed E-state index contributed by atoms with van der Waals surface area (Å²) in [5.41, 5.74) is 7.27. The molecule has 4 nitrogen and oxygen atoms in total. The molecule has 4 heteroatoms. The van der Waals surface area contributed by atoms with Crippen LogP contribution < -0.4 is 5.73 Å². The Morgan fingerprint density at radius 2 is 2.15 bits per heavy atom. The predicted octanol–water partition coefficient (Wildman–Crippen LogP) is 0.584. The predicted molar refractivity (Wildman–Crippen MR) is 50.2 cm³/mol. The first kappa shape index (κ1) is 8.69. The average molecular weight is 180 g/mol. The third kappa shape index (κ3) is 1.09. The summed E-state index contributed by atoms with van der Waals surface area (Å²) in [5.74, 6) is 0. The van der Waals surface area contributed by atoms with Crippen molar-refractivity contribution in [2.24, 2.45) is 12.8 Å². The average Bonchev–Trinajstić information content (AvgIpc) is 2.70. The summed E-state index contributed by atoms with van der Waals surface area (Å²) in [5, 5.41) is 7.85. The zero-order valence-electron chi connectivity index (χ0n) is 8.41. The zero-order chi connectivity index (χ0) is 9.69. The van der Waals surface area contributed by atoms with Crippen LogP contribution in [0.25, 0.3) is 0 Å². The van der Waals surface area contributed by atoms with Crippen LogP contribution in [-0.4, -0.2) is 20.5 Å². The second-order valence-electron chi connectivity index (χ2n) is 4.55. The highest BCUT2D eigenvalue weighted by molar-refractivity contribution is 5.29. The normalized spacial score (nSPS) is 20.3. The molecule has 0 bridgehead atoms. The van der Waals surface area contributed by atoms with Gasteiger partial charge in [-0.1, -0.05) is 5.21 Å². The summed E-state index contributed by atoms with van der Waals surface area (Å²) in [6.07, 6.45) is 4.14. The molecule has 0 amide bonds. The number of nitrogens with two attached hydrogens (primary N) is 1. The highest BCUT2D eigenvalue weighted by atomic mass is 15.4. The van der Waals surface area contributed by atoms with Crippen LogP contribution in [0.15, 0.2) is 6.20 Å². The van der Waals surface area contributed by atoms with Crippen LogP contribution in [-0.2, 0) is 12.5 Å². The quantitative estimate of drug-likeness (QED) is 0.724. The molecule has 0 radical (unpaired) electrons. The third-order valence-electron chi connectivity index (χ3n) is 3.19. The maximum Gasteiger partial charge on any atom is 0.0731 e. The zero-order valence-corrected chi connectivity index (χ0v) is 8.41. The van der Waals surface area contributed by atoms with E-state index >= 15 is 0 Å². The monoisotopic (exact) mass is 180 g/mol. The summed E-state index contributed by atoms with van der Waals surface area (Å²) < 4.78 is 1.83. The van der Waals surface area contributed by atoms with Crippen LogP contribution in [0, 0.1) is 0 Å². The first-order chi connectivity index (χ1) is 5.97. The van der Waals surface area contributed by atoms with Gasteiger partial charge in [-0.25, -0.2) is 0 Å². The Morgan fingerprint density at radius 3 is 2.46 bits per heavy atom. The van der Waals surface area contributed by atoms with Gasteiger partial charge in [-0.2, -0.15) is 0 Å². The minimum Gasteiger partial charge on any atom is -0.325 e. The minimum atomic E-state index is -0.178. The van der Waals surface area contributed by atoms with Crippen LogP contribution >= 0.6 is 0 Å². The second-order valence-corrected chi connectivity index (χ2v) is 4.55. The lowest BCUT2D eigenvalue weighted by Gasteiger charge is -2.30. The lowest BCUT2D eigenvalue weighted by molar-refractivity contribution is 0.372. The van der Waals surface area contributed by atoms with Crippen molar-refractivity contribution in [3.05, 3.63) is 11.9 Å². The van der Waals surface area contributed by atoms with Crippen LogP contribution in [0.1, 0.15) is 32.4 Å². The Kier molecular flexibility index (Phi) is 1.55. The van der Waals surface area contributed by atoms with Crippen molar-refractivity contribution in [1.29, 1.82) is 0 Å². The molecule has 0 aromatic carbocycles. The maximum atomic E-state index is 6.17. The third-order valence-corrected chi connectivity index (χ3v) is 3.19. The van der Waals surface area contributed by atoms with E-state index in [2.05, 4.69) is 24.2 Å². The molecule has 1 aromatic rings. The van der Waals surface area contributed by atoms with E-state index in [9.17, 15) is 0 Å². The Labute approximate surface area is 78.1 Å². The van der Waals surface area contributed by atoms with E-state index in [1.807, 2.05) is 17.9 Å². The molecule has 1 heterocycles. The second kappa shape index (κ2) is 2.32. The van der Waals surface area contributed by atoms with E-state index in [1.54, 1.807) is 0 Å². The summed E-state index contributed by atoms with van der Waals surface area (Å²) in [6, 6.07) is 0. The lowest BCUT2D eigenvalue weighted by atomic mass is 9.82. The molecule has 2 N–H and O–H groups in total. The van der Waals surface area contributed by atoms with Gasteiger partial charge in [-0.05, 0) is 26.7 Å². The molecule has 0 spiro atoms. The molecular weight excluding hydrogens is 164 g/mol. The molecule has 0 unspecified atom stereocenters. The summed E-state index contributed by atoms with van der Waals surface area (Å²) in [6.45, 7) is 4.15. The first-order valence-electron chi connectivity index (χ1n) is 4.61. The SMILES string of the molecule is Cn1nncc1C1(C(C)(C)N)CC1. The molecule has 13 heavy (non-hydrogen) atoms. The summed E-state index contributed by atoms with van der Waals surface area (Å²) >= 11 is 0. The molecule has 1 saturated carbocycles. The van der Waals surface area contributed by atoms with Crippen molar-refractivity contribution in [3.63, 3.8) is 0 Å². The molecule has 0 atom stereocenters. The number of aryl methyl sites for hydroxylation is 1. The van der Waals surface area contributed by atoms with Crippen molar-refractivity contribution in [1.82, 2.24) is 15.0 Å². The number of nitrogens with zero attached hydrogens (tertiary/aromatic N) is 3. The molecule has 0 saturated heterocycles. The molecule has 1 aliphatic carbocycles. The van der Waals surface area contributed by atoms with E-state index in [0.29, 0.717) is 0 Å². The van der Waals surface area contributed by atoms with Gasteiger partial charge in [0.05, 0.1) is 11.9 Å². The van der Waals surface area contributed by atoms with Gasteiger partial charge in [0.25, 0.3) is 0 Å². The van der Waals surface area contributed by atoms with E-state index in [1.165, 1.54) is 5.69 Å². The Morgan fingerprint density at radius 1 is 1.54 bits per heavy atom. The largest absolute Gasteiger partial charge is 0.325 e. The Balaban J connectivity index is 2.42. The van der Waals surface area contributed by atoms with Crippen molar-refractivity contribution < 1.29 is 0 Å². The summed E-state index contributed by atoms with van der Waals surface area (Å²) in [4.78, 5) is 0. The Bertz CT molecular complexity index is 317. The van der Waals surface area contributed by atoms with Crippen molar-refractivity contribution in [2.45, 2.75) is 37.6 Å². The van der Waals surface area contributed by atoms with Gasteiger partial charge in [0.15, 0.2) is 0 Å². The van der Waals surface area contributed by atoms with Gasteiger partial charge >= 0.3 is 0 Å². The van der Waals surface area contributed by atoms with Gasteiger partial charge in [0.1, 0.15) is 0 Å². The molecule has 2 rings (SSSR count). The van der Waals surface area contributed by atoms with E-state index in [4.69, 9.17) is 5.73 Å². The number of hydrogen-bond acceptors (Lipinski definition) is 3. The van der Waals surface area contributed by atoms with Crippen LogP contribution in [0.2, 0.25) is 0 Å². The fraction of sp³-hybridized carbons (Fsp3) is 0.778. The number of hydrogen-bond donors (Lipinski definition) is 1. The molecule has 1 aliphatic rings. The number of aromatic nitrogens is 3. The maximum absolute atomic E-state index is 6.17. The van der Waals surface area contributed by atoms with Crippen LogP contribution in [0.5, 0.6) is 0 Å². The van der Waals surface area contributed by atoms with Crippen molar-refractivity contribution in [2.75, 3.05) is 0 Å². The highest BCUT2D eigenvalue weighted by Crippen LogP contribution is 2.54. The van der Waals surface area contributed by atoms with Gasteiger partial charge in [-0.3, -0.25) is 4.68 Å². The van der Waals surface area contributed by atoms with E-state index < -0.39 is 0 Å². The fourth-order valence-electron chi connectivity index (χ4n) is 2.08. The molecule has 1 fully saturated rings. The molecular formula is C9H16N4. The van der Waals surface area contributed by atoms with E-state index in [-0.39, 0.29) is 11.0 Å². The Hall–Kier alpha value is -0.900. The minimum absolute atomic E-state index is 0.116. The molecule has 0 aliphatic heterocycles. The number of rotatable bonds is 2.